The number of alkyl halides is 2. The maximum atomic E-state index is 13.8. The van der Waals surface area contributed by atoms with Crippen LogP contribution in [-0.4, -0.2) is 51.1 Å². The topological polar surface area (TPSA) is 56.1 Å². The third-order valence-corrected chi connectivity index (χ3v) is 5.35. The first kappa shape index (κ1) is 19.1. The van der Waals surface area contributed by atoms with Crippen molar-refractivity contribution >= 4 is 28.6 Å². The van der Waals surface area contributed by atoms with Crippen LogP contribution in [0, 0.1) is 0 Å². The number of nitrogens with zero attached hydrogens (tertiary/aromatic N) is 5. The van der Waals surface area contributed by atoms with Crippen molar-refractivity contribution in [2.45, 2.75) is 37.5 Å². The molecule has 0 bridgehead atoms. The fraction of sp³-hybridized carbons (Fsp3) is 0.421. The van der Waals surface area contributed by atoms with E-state index in [4.69, 9.17) is 4.74 Å². The molecule has 1 aromatic carbocycles. The lowest BCUT2D eigenvalue weighted by atomic mass is 10.1. The van der Waals surface area contributed by atoms with Gasteiger partial charge in [0.1, 0.15) is 11.6 Å². The van der Waals surface area contributed by atoms with E-state index in [9.17, 15) is 8.78 Å². The van der Waals surface area contributed by atoms with Gasteiger partial charge in [0.05, 0.1) is 36.3 Å². The van der Waals surface area contributed by atoms with Crippen LogP contribution in [0.2, 0.25) is 0 Å². The number of hydrogen-bond acceptors (Lipinski definition) is 6. The summed E-state index contributed by atoms with van der Waals surface area (Å²) < 4.78 is 34.5. The average molecular weight is 405 g/mol. The summed E-state index contributed by atoms with van der Waals surface area (Å²) in [6.45, 7) is 5.31. The van der Waals surface area contributed by atoms with Gasteiger partial charge in [-0.3, -0.25) is 4.57 Å². The van der Waals surface area contributed by atoms with Crippen LogP contribution >= 0.6 is 11.8 Å². The summed E-state index contributed by atoms with van der Waals surface area (Å²) in [4.78, 5) is 15.4. The van der Waals surface area contributed by atoms with Gasteiger partial charge >= 0.3 is 0 Å². The highest BCUT2D eigenvalue weighted by atomic mass is 32.2. The van der Waals surface area contributed by atoms with Crippen molar-refractivity contribution in [1.29, 1.82) is 0 Å². The zero-order valence-corrected chi connectivity index (χ0v) is 16.7. The molecular weight excluding hydrogens is 384 g/mol. The Morgan fingerprint density at radius 1 is 1.07 bits per heavy atom. The SMILES string of the molecule is CSc1nc(N2[C@@H](C)COC[C@@H]2C)cc(-n2c(C(F)F)nc3ccccc32)n1. The molecule has 1 saturated heterocycles. The summed E-state index contributed by atoms with van der Waals surface area (Å²) in [5.41, 5.74) is 1.11. The summed E-state index contributed by atoms with van der Waals surface area (Å²) in [5.74, 6) is 0.779. The number of ether oxygens (including phenoxy) is 1. The van der Waals surface area contributed by atoms with Crippen LogP contribution in [0.4, 0.5) is 14.6 Å². The van der Waals surface area contributed by atoms with Crippen molar-refractivity contribution in [3.63, 3.8) is 0 Å². The first-order chi connectivity index (χ1) is 13.5. The predicted octanol–water partition coefficient (Wildman–Crippen LogP) is 4.09. The molecule has 3 aromatic rings. The zero-order chi connectivity index (χ0) is 19.8. The van der Waals surface area contributed by atoms with E-state index in [-0.39, 0.29) is 17.9 Å². The van der Waals surface area contributed by atoms with Crippen LogP contribution in [0.3, 0.4) is 0 Å². The Bertz CT molecular complexity index is 986. The lowest BCUT2D eigenvalue weighted by molar-refractivity contribution is 0.0751. The van der Waals surface area contributed by atoms with Gasteiger partial charge in [0.15, 0.2) is 11.0 Å². The Morgan fingerprint density at radius 2 is 1.75 bits per heavy atom. The summed E-state index contributed by atoms with van der Waals surface area (Å²) in [7, 11) is 0. The molecule has 1 aliphatic heterocycles. The Hall–Kier alpha value is -2.26. The minimum atomic E-state index is -2.72. The fourth-order valence-electron chi connectivity index (χ4n) is 3.63. The normalized spacial score (nSPS) is 20.3. The number of hydrogen-bond donors (Lipinski definition) is 0. The molecule has 0 saturated carbocycles. The van der Waals surface area contributed by atoms with Crippen molar-refractivity contribution < 1.29 is 13.5 Å². The third kappa shape index (κ3) is 3.33. The van der Waals surface area contributed by atoms with Crippen LogP contribution in [-0.2, 0) is 4.74 Å². The van der Waals surface area contributed by atoms with Gasteiger partial charge in [-0.25, -0.2) is 23.7 Å². The van der Waals surface area contributed by atoms with E-state index in [0.717, 1.165) is 0 Å². The smallest absolute Gasteiger partial charge is 0.296 e. The standard InChI is InChI=1S/C19H21F2N5OS/c1-11-9-27-10-12(2)25(11)15-8-16(24-19(23-15)28-3)26-14-7-5-4-6-13(14)22-18(26)17(20)21/h4-8,11-12,17H,9-10H2,1-3H3/t11-,12-/m0/s1. The molecule has 1 fully saturated rings. The fourth-order valence-corrected chi connectivity index (χ4v) is 4.00. The van der Waals surface area contributed by atoms with Gasteiger partial charge in [0.2, 0.25) is 0 Å². The number of para-hydroxylation sites is 2. The van der Waals surface area contributed by atoms with E-state index in [0.29, 0.717) is 41.0 Å². The molecule has 0 unspecified atom stereocenters. The molecule has 6 nitrogen and oxygen atoms in total. The number of aromatic nitrogens is 4. The van der Waals surface area contributed by atoms with Crippen molar-refractivity contribution in [2.75, 3.05) is 24.4 Å². The van der Waals surface area contributed by atoms with Gasteiger partial charge in [-0.2, -0.15) is 0 Å². The first-order valence-electron chi connectivity index (χ1n) is 9.04. The Labute approximate surface area is 165 Å². The Kier molecular flexibility index (Phi) is 5.20. The summed E-state index contributed by atoms with van der Waals surface area (Å²) >= 11 is 1.38. The van der Waals surface area contributed by atoms with E-state index in [2.05, 4.69) is 33.7 Å². The van der Waals surface area contributed by atoms with E-state index in [1.165, 1.54) is 16.3 Å². The molecule has 4 rings (SSSR count). The van der Waals surface area contributed by atoms with Crippen LogP contribution in [0.5, 0.6) is 0 Å². The molecular formula is C19H21F2N5OS. The van der Waals surface area contributed by atoms with E-state index in [1.54, 1.807) is 30.3 Å². The largest absolute Gasteiger partial charge is 0.377 e. The number of halogens is 2. The van der Waals surface area contributed by atoms with Gasteiger partial charge in [-0.15, -0.1) is 0 Å². The zero-order valence-electron chi connectivity index (χ0n) is 15.8. The van der Waals surface area contributed by atoms with Gasteiger partial charge in [-0.05, 0) is 32.2 Å². The third-order valence-electron chi connectivity index (χ3n) is 4.80. The van der Waals surface area contributed by atoms with E-state index >= 15 is 0 Å². The Balaban J connectivity index is 1.92. The number of rotatable bonds is 4. The molecule has 0 N–H and O–H groups in total. The number of anilines is 1. The number of benzene rings is 1. The van der Waals surface area contributed by atoms with Crippen LogP contribution < -0.4 is 4.90 Å². The highest BCUT2D eigenvalue weighted by molar-refractivity contribution is 7.98. The molecule has 148 valence electrons. The summed E-state index contributed by atoms with van der Waals surface area (Å²) in [5, 5.41) is 0.524. The summed E-state index contributed by atoms with van der Waals surface area (Å²) in [6.07, 6.45) is -0.848. The van der Waals surface area contributed by atoms with Gasteiger partial charge < -0.3 is 9.64 Å². The number of thioether (sulfide) groups is 1. The number of morpholine rings is 1. The lowest BCUT2D eigenvalue weighted by Gasteiger charge is -2.39. The second-order valence-corrected chi connectivity index (χ2v) is 7.58. The van der Waals surface area contributed by atoms with Crippen molar-refractivity contribution in [3.8, 4) is 5.82 Å². The van der Waals surface area contributed by atoms with E-state index < -0.39 is 6.43 Å². The minimum absolute atomic E-state index is 0.121. The second-order valence-electron chi connectivity index (χ2n) is 6.81. The van der Waals surface area contributed by atoms with Gasteiger partial charge in [-0.1, -0.05) is 23.9 Å². The molecule has 2 aromatic heterocycles. The molecule has 2 atom stereocenters. The van der Waals surface area contributed by atoms with Crippen molar-refractivity contribution in [3.05, 3.63) is 36.2 Å². The van der Waals surface area contributed by atoms with Crippen molar-refractivity contribution in [1.82, 2.24) is 19.5 Å². The molecule has 9 heteroatoms. The highest BCUT2D eigenvalue weighted by Crippen LogP contribution is 2.31. The second kappa shape index (κ2) is 7.63. The van der Waals surface area contributed by atoms with E-state index in [1.807, 2.05) is 6.26 Å². The maximum absolute atomic E-state index is 13.8. The molecule has 0 amide bonds. The van der Waals surface area contributed by atoms with Crippen LogP contribution in [0.15, 0.2) is 35.5 Å². The molecule has 0 aliphatic carbocycles. The molecule has 28 heavy (non-hydrogen) atoms. The first-order valence-corrected chi connectivity index (χ1v) is 10.3. The quantitative estimate of drug-likeness (QED) is 0.481. The highest BCUT2D eigenvalue weighted by Gasteiger charge is 2.28. The van der Waals surface area contributed by atoms with Gasteiger partial charge in [0.25, 0.3) is 6.43 Å². The molecule has 3 heterocycles. The molecule has 1 aliphatic rings. The monoisotopic (exact) mass is 405 g/mol. The maximum Gasteiger partial charge on any atom is 0.296 e. The van der Waals surface area contributed by atoms with Crippen LogP contribution in [0.25, 0.3) is 16.9 Å². The lowest BCUT2D eigenvalue weighted by Crippen LogP contribution is -2.50. The molecule has 0 radical (unpaired) electrons. The average Bonchev–Trinajstić information content (AvgIpc) is 3.07. The van der Waals surface area contributed by atoms with Gasteiger partial charge in [0, 0.05) is 6.07 Å². The predicted molar refractivity (Wildman–Crippen MR) is 106 cm³/mol. The van der Waals surface area contributed by atoms with Crippen LogP contribution in [0.1, 0.15) is 26.1 Å². The number of imidazole rings is 1. The van der Waals surface area contributed by atoms with Crippen molar-refractivity contribution in [2.24, 2.45) is 0 Å². The summed E-state index contributed by atoms with van der Waals surface area (Å²) in [6, 6.07) is 9.09. The Morgan fingerprint density at radius 3 is 2.43 bits per heavy atom. The minimum Gasteiger partial charge on any atom is -0.377 e. The number of fused-ring (bicyclic) bond motifs is 1. The molecule has 0 spiro atoms.